The van der Waals surface area contributed by atoms with Crippen LogP contribution in [0, 0.1) is 0 Å². The number of nitrogens with zero attached hydrogens (tertiary/aromatic N) is 2. The zero-order chi connectivity index (χ0) is 16.4. The van der Waals surface area contributed by atoms with E-state index in [4.69, 9.17) is 0 Å². The second-order valence-corrected chi connectivity index (χ2v) is 5.41. The van der Waals surface area contributed by atoms with Gasteiger partial charge in [0.25, 0.3) is 5.91 Å². The van der Waals surface area contributed by atoms with Crippen LogP contribution in [0.4, 0.5) is 18.9 Å². The first-order chi connectivity index (χ1) is 10.9. The Morgan fingerprint density at radius 1 is 1.35 bits per heavy atom. The summed E-state index contributed by atoms with van der Waals surface area (Å²) in [6.07, 6.45) is -0.924. The van der Waals surface area contributed by atoms with Crippen molar-refractivity contribution in [2.75, 3.05) is 18.0 Å². The number of H-pyrrole nitrogens is 1. The molecule has 0 aliphatic carbocycles. The van der Waals surface area contributed by atoms with Gasteiger partial charge in [0.2, 0.25) is 0 Å². The third-order valence-corrected chi connectivity index (χ3v) is 3.83. The van der Waals surface area contributed by atoms with E-state index >= 15 is 0 Å². The average molecular weight is 324 g/mol. The molecule has 0 unspecified atom stereocenters. The van der Waals surface area contributed by atoms with Gasteiger partial charge in [-0.1, -0.05) is 12.1 Å². The van der Waals surface area contributed by atoms with Crippen molar-refractivity contribution in [3.63, 3.8) is 0 Å². The number of benzene rings is 1. The van der Waals surface area contributed by atoms with Crippen LogP contribution < -0.4 is 10.2 Å². The Morgan fingerprint density at radius 3 is 2.83 bits per heavy atom. The zero-order valence-electron chi connectivity index (χ0n) is 12.1. The van der Waals surface area contributed by atoms with E-state index in [1.165, 1.54) is 24.5 Å². The maximum atomic E-state index is 13.1. The van der Waals surface area contributed by atoms with Crippen molar-refractivity contribution in [2.24, 2.45) is 0 Å². The fourth-order valence-electron chi connectivity index (χ4n) is 2.73. The first-order valence-corrected chi connectivity index (χ1v) is 7.16. The Hall–Kier alpha value is -2.51. The third kappa shape index (κ3) is 3.30. The quantitative estimate of drug-likeness (QED) is 0.912. The monoisotopic (exact) mass is 324 g/mol. The summed E-state index contributed by atoms with van der Waals surface area (Å²) in [6.45, 7) is 0.806. The van der Waals surface area contributed by atoms with E-state index in [1.54, 1.807) is 11.0 Å². The maximum Gasteiger partial charge on any atom is 0.418 e. The van der Waals surface area contributed by atoms with Gasteiger partial charge in [0.05, 0.1) is 17.3 Å². The molecular formula is C15H15F3N4O. The highest BCUT2D eigenvalue weighted by atomic mass is 19.4. The molecule has 23 heavy (non-hydrogen) atoms. The van der Waals surface area contributed by atoms with Crippen LogP contribution in [0.5, 0.6) is 0 Å². The summed E-state index contributed by atoms with van der Waals surface area (Å²) >= 11 is 0. The minimum absolute atomic E-state index is 0.153. The molecule has 2 aromatic rings. The number of hydrogen-bond donors (Lipinski definition) is 2. The molecule has 1 fully saturated rings. The maximum absolute atomic E-state index is 13.1. The number of carbonyl (C=O) groups excluding carboxylic acids is 1. The number of para-hydroxylation sites is 1. The molecule has 1 saturated heterocycles. The molecule has 1 aromatic carbocycles. The van der Waals surface area contributed by atoms with Crippen LogP contribution in [-0.2, 0) is 6.18 Å². The van der Waals surface area contributed by atoms with Gasteiger partial charge in [0, 0.05) is 31.0 Å². The molecule has 1 atom stereocenters. The van der Waals surface area contributed by atoms with Crippen LogP contribution in [-0.4, -0.2) is 35.2 Å². The van der Waals surface area contributed by atoms with Crippen LogP contribution in [0.3, 0.4) is 0 Å². The van der Waals surface area contributed by atoms with E-state index in [0.29, 0.717) is 25.1 Å². The predicted octanol–water partition coefficient (Wildman–Crippen LogP) is 2.44. The Bertz CT molecular complexity index is 684. The van der Waals surface area contributed by atoms with E-state index in [-0.39, 0.29) is 17.6 Å². The van der Waals surface area contributed by atoms with Crippen molar-refractivity contribution >= 4 is 11.6 Å². The lowest BCUT2D eigenvalue weighted by Gasteiger charge is -2.23. The first kappa shape index (κ1) is 15.4. The number of halogens is 3. The third-order valence-electron chi connectivity index (χ3n) is 3.83. The minimum atomic E-state index is -4.39. The van der Waals surface area contributed by atoms with E-state index in [2.05, 4.69) is 15.5 Å². The molecular weight excluding hydrogens is 309 g/mol. The molecule has 1 aliphatic rings. The summed E-state index contributed by atoms with van der Waals surface area (Å²) < 4.78 is 39.3. The van der Waals surface area contributed by atoms with Gasteiger partial charge >= 0.3 is 6.18 Å². The lowest BCUT2D eigenvalue weighted by Crippen LogP contribution is -2.37. The highest BCUT2D eigenvalue weighted by Crippen LogP contribution is 2.37. The van der Waals surface area contributed by atoms with Gasteiger partial charge in [-0.05, 0) is 18.6 Å². The summed E-state index contributed by atoms with van der Waals surface area (Å²) in [6, 6.07) is 5.30. The highest BCUT2D eigenvalue weighted by Gasteiger charge is 2.36. The number of hydrogen-bond acceptors (Lipinski definition) is 3. The second-order valence-electron chi connectivity index (χ2n) is 5.41. The van der Waals surface area contributed by atoms with Gasteiger partial charge in [0.15, 0.2) is 0 Å². The molecule has 2 heterocycles. The standard InChI is InChI=1S/C15H15F3N4O/c16-15(17,18)12-3-1-2-4-13(12)22-6-5-11(9-22)21-14(23)10-7-19-20-8-10/h1-4,7-8,11H,5-6,9H2,(H,19,20)(H,21,23)/t11-/m0/s1. The van der Waals surface area contributed by atoms with Gasteiger partial charge in [-0.25, -0.2) is 0 Å². The first-order valence-electron chi connectivity index (χ1n) is 7.16. The number of aromatic amines is 1. The molecule has 0 spiro atoms. The van der Waals surface area contributed by atoms with E-state index < -0.39 is 11.7 Å². The van der Waals surface area contributed by atoms with Gasteiger partial charge in [-0.3, -0.25) is 9.89 Å². The van der Waals surface area contributed by atoms with E-state index in [1.807, 2.05) is 0 Å². The molecule has 0 radical (unpaired) electrons. The normalized spacial score (nSPS) is 18.2. The van der Waals surface area contributed by atoms with Crippen LogP contribution in [0.2, 0.25) is 0 Å². The van der Waals surface area contributed by atoms with Crippen molar-refractivity contribution in [3.05, 3.63) is 47.8 Å². The van der Waals surface area contributed by atoms with Crippen LogP contribution >= 0.6 is 0 Å². The molecule has 0 saturated carbocycles. The predicted molar refractivity (Wildman–Crippen MR) is 78.1 cm³/mol. The summed E-state index contributed by atoms with van der Waals surface area (Å²) in [5, 5.41) is 9.06. The summed E-state index contributed by atoms with van der Waals surface area (Å²) in [5.41, 5.74) is -0.0963. The summed E-state index contributed by atoms with van der Waals surface area (Å²) in [4.78, 5) is 13.6. The minimum Gasteiger partial charge on any atom is -0.369 e. The molecule has 0 bridgehead atoms. The number of amides is 1. The smallest absolute Gasteiger partial charge is 0.369 e. The SMILES string of the molecule is O=C(N[C@H]1CCN(c2ccccc2C(F)(F)F)C1)c1cn[nH]c1. The van der Waals surface area contributed by atoms with Gasteiger partial charge in [0.1, 0.15) is 0 Å². The molecule has 1 aromatic heterocycles. The van der Waals surface area contributed by atoms with Crippen molar-refractivity contribution in [1.82, 2.24) is 15.5 Å². The van der Waals surface area contributed by atoms with E-state index in [0.717, 1.165) is 6.07 Å². The van der Waals surface area contributed by atoms with Crippen molar-refractivity contribution < 1.29 is 18.0 Å². The zero-order valence-corrected chi connectivity index (χ0v) is 12.1. The molecule has 8 heteroatoms. The van der Waals surface area contributed by atoms with Gasteiger partial charge in [-0.2, -0.15) is 18.3 Å². The summed E-state index contributed by atoms with van der Waals surface area (Å²) in [7, 11) is 0. The number of rotatable bonds is 3. The second kappa shape index (κ2) is 5.94. The lowest BCUT2D eigenvalue weighted by atomic mass is 10.1. The highest BCUT2D eigenvalue weighted by molar-refractivity contribution is 5.93. The molecule has 1 amide bonds. The number of carbonyl (C=O) groups is 1. The average Bonchev–Trinajstić information content (AvgIpc) is 3.18. The van der Waals surface area contributed by atoms with Gasteiger partial charge in [-0.15, -0.1) is 0 Å². The molecule has 3 rings (SSSR count). The topological polar surface area (TPSA) is 61.0 Å². The fourth-order valence-corrected chi connectivity index (χ4v) is 2.73. The number of nitrogens with one attached hydrogen (secondary N) is 2. The molecule has 1 aliphatic heterocycles. The molecule has 2 N–H and O–H groups in total. The van der Waals surface area contributed by atoms with Crippen LogP contribution in [0.25, 0.3) is 0 Å². The van der Waals surface area contributed by atoms with E-state index in [9.17, 15) is 18.0 Å². The number of aromatic nitrogens is 2. The molecule has 122 valence electrons. The Kier molecular flexibility index (Phi) is 3.97. The number of alkyl halides is 3. The van der Waals surface area contributed by atoms with Crippen molar-refractivity contribution in [1.29, 1.82) is 0 Å². The Balaban J connectivity index is 1.70. The molecule has 5 nitrogen and oxygen atoms in total. The van der Waals surface area contributed by atoms with Gasteiger partial charge < -0.3 is 10.2 Å². The van der Waals surface area contributed by atoms with Crippen LogP contribution in [0.15, 0.2) is 36.7 Å². The number of anilines is 1. The largest absolute Gasteiger partial charge is 0.418 e. The Labute approximate surface area is 130 Å². The Morgan fingerprint density at radius 2 is 2.13 bits per heavy atom. The van der Waals surface area contributed by atoms with Crippen LogP contribution in [0.1, 0.15) is 22.3 Å². The lowest BCUT2D eigenvalue weighted by molar-refractivity contribution is -0.137. The van der Waals surface area contributed by atoms with Crippen molar-refractivity contribution in [3.8, 4) is 0 Å². The van der Waals surface area contributed by atoms with Crippen molar-refractivity contribution in [2.45, 2.75) is 18.6 Å². The fraction of sp³-hybridized carbons (Fsp3) is 0.333. The summed E-state index contributed by atoms with van der Waals surface area (Å²) in [5.74, 6) is -0.283.